The molecular formula is C8H7BrO3. The summed E-state index contributed by atoms with van der Waals surface area (Å²) in [5.41, 5.74) is 0. The highest BCUT2D eigenvalue weighted by Gasteiger charge is 1.96. The van der Waals surface area contributed by atoms with E-state index in [0.717, 1.165) is 4.47 Å². The van der Waals surface area contributed by atoms with Gasteiger partial charge in [-0.3, -0.25) is 9.78 Å². The van der Waals surface area contributed by atoms with Crippen LogP contribution < -0.4 is 4.89 Å². The van der Waals surface area contributed by atoms with Gasteiger partial charge in [-0.25, -0.2) is 4.79 Å². The maximum Gasteiger partial charge on any atom is 0.352 e. The molecule has 0 radical (unpaired) electrons. The first-order valence-corrected chi connectivity index (χ1v) is 4.08. The quantitative estimate of drug-likeness (QED) is 0.578. The molecule has 1 aromatic carbocycles. The van der Waals surface area contributed by atoms with Crippen molar-refractivity contribution >= 4 is 21.9 Å². The van der Waals surface area contributed by atoms with E-state index >= 15 is 0 Å². The van der Waals surface area contributed by atoms with Gasteiger partial charge in [0.05, 0.1) is 0 Å². The van der Waals surface area contributed by atoms with E-state index in [4.69, 9.17) is 0 Å². The zero-order valence-corrected chi connectivity index (χ0v) is 8.00. The van der Waals surface area contributed by atoms with E-state index in [1.807, 2.05) is 0 Å². The van der Waals surface area contributed by atoms with E-state index < -0.39 is 5.97 Å². The van der Waals surface area contributed by atoms with Gasteiger partial charge in [0, 0.05) is 11.4 Å². The van der Waals surface area contributed by atoms with Gasteiger partial charge in [-0.05, 0) is 24.3 Å². The summed E-state index contributed by atoms with van der Waals surface area (Å²) >= 11 is 3.26. The number of hydrogen-bond donors (Lipinski definition) is 0. The lowest BCUT2D eigenvalue weighted by molar-refractivity contribution is -0.210. The van der Waals surface area contributed by atoms with Crippen LogP contribution >= 0.6 is 15.9 Å². The minimum absolute atomic E-state index is 0.474. The molecule has 0 N–H and O–H groups in total. The first-order chi connectivity index (χ1) is 5.68. The lowest BCUT2D eigenvalue weighted by atomic mass is 10.3. The second-order valence-corrected chi connectivity index (χ2v) is 3.03. The van der Waals surface area contributed by atoms with Crippen LogP contribution in [0.1, 0.15) is 6.92 Å². The molecule has 0 heterocycles. The Morgan fingerprint density at radius 1 is 1.33 bits per heavy atom. The van der Waals surface area contributed by atoms with Gasteiger partial charge < -0.3 is 0 Å². The Hall–Kier alpha value is -1.03. The monoisotopic (exact) mass is 230 g/mol. The second-order valence-electron chi connectivity index (χ2n) is 2.11. The molecular weight excluding hydrogens is 224 g/mol. The first-order valence-electron chi connectivity index (χ1n) is 3.29. The maximum atomic E-state index is 10.3. The highest BCUT2D eigenvalue weighted by Crippen LogP contribution is 2.15. The average molecular weight is 231 g/mol. The normalized spacial score (nSPS) is 9.17. The molecule has 1 aromatic rings. The summed E-state index contributed by atoms with van der Waals surface area (Å²) in [5, 5.41) is 0. The van der Waals surface area contributed by atoms with Crippen LogP contribution in [0.25, 0.3) is 0 Å². The number of hydrogen-bond acceptors (Lipinski definition) is 3. The molecule has 0 saturated carbocycles. The van der Waals surface area contributed by atoms with Crippen LogP contribution in [0.3, 0.4) is 0 Å². The number of benzene rings is 1. The van der Waals surface area contributed by atoms with Crippen molar-refractivity contribution in [1.82, 2.24) is 0 Å². The highest BCUT2D eigenvalue weighted by molar-refractivity contribution is 9.10. The molecule has 0 aliphatic heterocycles. The van der Waals surface area contributed by atoms with E-state index in [0.29, 0.717) is 5.75 Å². The maximum absolute atomic E-state index is 10.3. The van der Waals surface area contributed by atoms with Crippen molar-refractivity contribution in [2.75, 3.05) is 0 Å². The topological polar surface area (TPSA) is 35.5 Å². The lowest BCUT2D eigenvalue weighted by Gasteiger charge is -2.00. The molecule has 1 rings (SSSR count). The van der Waals surface area contributed by atoms with Gasteiger partial charge >= 0.3 is 5.97 Å². The third kappa shape index (κ3) is 2.92. The smallest absolute Gasteiger partial charge is 0.287 e. The molecule has 12 heavy (non-hydrogen) atoms. The van der Waals surface area contributed by atoms with Crippen LogP contribution in [0.2, 0.25) is 0 Å². The molecule has 64 valence electrons. The number of carbonyl (C=O) groups is 1. The van der Waals surface area contributed by atoms with Crippen molar-refractivity contribution < 1.29 is 14.6 Å². The Kier molecular flexibility index (Phi) is 3.10. The number of halogens is 1. The van der Waals surface area contributed by atoms with Crippen molar-refractivity contribution in [3.8, 4) is 5.75 Å². The Morgan fingerprint density at radius 2 is 1.92 bits per heavy atom. The molecule has 0 unspecified atom stereocenters. The molecule has 0 aliphatic rings. The van der Waals surface area contributed by atoms with Crippen LogP contribution in [-0.2, 0) is 9.68 Å². The summed E-state index contributed by atoms with van der Waals surface area (Å²) in [7, 11) is 0. The predicted molar refractivity (Wildman–Crippen MR) is 46.5 cm³/mol. The van der Waals surface area contributed by atoms with Gasteiger partial charge in [-0.1, -0.05) is 15.9 Å². The van der Waals surface area contributed by atoms with E-state index in [1.54, 1.807) is 24.3 Å². The number of carbonyl (C=O) groups excluding carboxylic acids is 1. The lowest BCUT2D eigenvalue weighted by Crippen LogP contribution is -2.02. The van der Waals surface area contributed by atoms with Crippen LogP contribution in [0.15, 0.2) is 28.7 Å². The third-order valence-electron chi connectivity index (χ3n) is 1.07. The fourth-order valence-corrected chi connectivity index (χ4v) is 0.861. The zero-order valence-electron chi connectivity index (χ0n) is 6.41. The van der Waals surface area contributed by atoms with Crippen molar-refractivity contribution in [3.63, 3.8) is 0 Å². The van der Waals surface area contributed by atoms with Gasteiger partial charge in [0.2, 0.25) is 0 Å². The Bertz CT molecular complexity index is 268. The second kappa shape index (κ2) is 4.11. The van der Waals surface area contributed by atoms with E-state index in [2.05, 4.69) is 25.7 Å². The van der Waals surface area contributed by atoms with E-state index in [1.165, 1.54) is 6.92 Å². The minimum Gasteiger partial charge on any atom is -0.287 e. The molecule has 0 bridgehead atoms. The summed E-state index contributed by atoms with van der Waals surface area (Å²) in [4.78, 5) is 19.3. The molecule has 4 heteroatoms. The van der Waals surface area contributed by atoms with Crippen LogP contribution in [0.5, 0.6) is 5.75 Å². The summed E-state index contributed by atoms with van der Waals surface area (Å²) in [5.74, 6) is 0.0197. The molecule has 3 nitrogen and oxygen atoms in total. The Balaban J connectivity index is 2.53. The molecule has 0 aliphatic carbocycles. The number of rotatable bonds is 2. The van der Waals surface area contributed by atoms with E-state index in [-0.39, 0.29) is 0 Å². The van der Waals surface area contributed by atoms with Gasteiger partial charge in [0.25, 0.3) is 0 Å². The molecule has 0 aromatic heterocycles. The molecule has 0 amide bonds. The fourth-order valence-electron chi connectivity index (χ4n) is 0.597. The molecule has 0 spiro atoms. The molecule has 0 fully saturated rings. The molecule has 0 atom stereocenters. The summed E-state index contributed by atoms with van der Waals surface area (Å²) < 4.78 is 0.942. The van der Waals surface area contributed by atoms with Gasteiger partial charge in [0.1, 0.15) is 0 Å². The molecule has 0 saturated heterocycles. The zero-order chi connectivity index (χ0) is 8.97. The summed E-state index contributed by atoms with van der Waals surface area (Å²) in [6, 6.07) is 6.96. The van der Waals surface area contributed by atoms with Crippen molar-refractivity contribution in [2.45, 2.75) is 6.92 Å². The highest BCUT2D eigenvalue weighted by atomic mass is 79.9. The van der Waals surface area contributed by atoms with Crippen molar-refractivity contribution in [3.05, 3.63) is 28.7 Å². The third-order valence-corrected chi connectivity index (χ3v) is 1.60. The predicted octanol–water partition coefficient (Wildman–Crippen LogP) is 2.31. The van der Waals surface area contributed by atoms with Crippen molar-refractivity contribution in [1.29, 1.82) is 0 Å². The summed E-state index contributed by atoms with van der Waals surface area (Å²) in [6.07, 6.45) is 0. The first kappa shape index (κ1) is 9.06. The Labute approximate surface area is 78.3 Å². The average Bonchev–Trinajstić information content (AvgIpc) is 2.03. The van der Waals surface area contributed by atoms with Crippen LogP contribution in [0.4, 0.5) is 0 Å². The standard InChI is InChI=1S/C8H7BrO3/c1-6(10)11-12-8-4-2-7(9)3-5-8/h2-5H,1H3. The SMILES string of the molecule is CC(=O)OOc1ccc(Br)cc1. The fraction of sp³-hybridized carbons (Fsp3) is 0.125. The van der Waals surface area contributed by atoms with Crippen LogP contribution in [0, 0.1) is 0 Å². The van der Waals surface area contributed by atoms with Gasteiger partial charge in [-0.15, -0.1) is 0 Å². The largest absolute Gasteiger partial charge is 0.352 e. The van der Waals surface area contributed by atoms with E-state index in [9.17, 15) is 4.79 Å². The Morgan fingerprint density at radius 3 is 2.42 bits per heavy atom. The van der Waals surface area contributed by atoms with Gasteiger partial charge in [-0.2, -0.15) is 0 Å². The summed E-state index contributed by atoms with van der Waals surface area (Å²) in [6.45, 7) is 1.28. The van der Waals surface area contributed by atoms with Crippen molar-refractivity contribution in [2.24, 2.45) is 0 Å². The van der Waals surface area contributed by atoms with Crippen LogP contribution in [-0.4, -0.2) is 5.97 Å². The minimum atomic E-state index is -0.474. The van der Waals surface area contributed by atoms with Gasteiger partial charge in [0.15, 0.2) is 5.75 Å².